The van der Waals surface area contributed by atoms with Gasteiger partial charge >= 0.3 is 0 Å². The second-order valence-corrected chi connectivity index (χ2v) is 11.2. The number of rotatable bonds is 15. The van der Waals surface area contributed by atoms with Crippen LogP contribution < -0.4 is 0 Å². The highest BCUT2D eigenvalue weighted by Gasteiger charge is 2.23. The van der Waals surface area contributed by atoms with Crippen molar-refractivity contribution in [2.75, 3.05) is 0 Å². The van der Waals surface area contributed by atoms with Crippen molar-refractivity contribution in [3.63, 3.8) is 0 Å². The van der Waals surface area contributed by atoms with Crippen LogP contribution in [0.1, 0.15) is 119 Å². The van der Waals surface area contributed by atoms with Gasteiger partial charge < -0.3 is 10.2 Å². The van der Waals surface area contributed by atoms with Crippen molar-refractivity contribution in [3.8, 4) is 0 Å². The van der Waals surface area contributed by atoms with E-state index in [1.807, 2.05) is 6.92 Å². The number of hydrogen-bond acceptors (Lipinski definition) is 2. The van der Waals surface area contributed by atoms with Crippen LogP contribution in [0.25, 0.3) is 0 Å². The third-order valence-corrected chi connectivity index (χ3v) is 8.20. The Hall–Kier alpha value is -0.170. The second kappa shape index (κ2) is 14.1. The Kier molecular flexibility index (Phi) is 13.1. The molecule has 0 saturated heterocycles. The van der Waals surface area contributed by atoms with Gasteiger partial charge in [-0.1, -0.05) is 90.7 Å². The van der Waals surface area contributed by atoms with Gasteiger partial charge in [0.15, 0.2) is 0 Å². The monoisotopic (exact) mass is 438 g/mol. The smallest absolute Gasteiger partial charge is 0.0789 e. The lowest BCUT2D eigenvalue weighted by Crippen LogP contribution is -2.23. The van der Waals surface area contributed by atoms with Crippen LogP contribution in [0.5, 0.6) is 0 Å². The molecule has 3 heteroatoms. The second-order valence-electron chi connectivity index (χ2n) is 10.6. The molecule has 1 aliphatic carbocycles. The molecule has 176 valence electrons. The van der Waals surface area contributed by atoms with Crippen LogP contribution in [-0.2, 0) is 0 Å². The molecule has 6 unspecified atom stereocenters. The van der Waals surface area contributed by atoms with Crippen LogP contribution in [0.4, 0.5) is 0 Å². The van der Waals surface area contributed by atoms with Crippen molar-refractivity contribution in [1.29, 1.82) is 0 Å². The number of aliphatic hydroxyl groups excluding tert-OH is 1. The predicted octanol–water partition coefficient (Wildman–Crippen LogP) is 7.80. The maximum absolute atomic E-state index is 10.5. The Balaban J connectivity index is 2.20. The molecular formula is C27H51O2P. The van der Waals surface area contributed by atoms with Gasteiger partial charge in [0.25, 0.3) is 0 Å². The van der Waals surface area contributed by atoms with E-state index in [1.165, 1.54) is 61.4 Å². The van der Waals surface area contributed by atoms with Crippen LogP contribution >= 0.6 is 9.24 Å². The molecule has 6 atom stereocenters. The van der Waals surface area contributed by atoms with E-state index in [2.05, 4.69) is 49.9 Å². The molecular weight excluding hydrogens is 387 g/mol. The van der Waals surface area contributed by atoms with Crippen LogP contribution in [0, 0.1) is 17.8 Å². The minimum Gasteiger partial charge on any atom is -0.390 e. The van der Waals surface area contributed by atoms with Gasteiger partial charge in [0, 0.05) is 5.92 Å². The fourth-order valence-electron chi connectivity index (χ4n) is 4.63. The maximum atomic E-state index is 10.5. The summed E-state index contributed by atoms with van der Waals surface area (Å²) >= 11 is 0. The number of allylic oxidation sites excluding steroid dienone is 2. The van der Waals surface area contributed by atoms with Crippen molar-refractivity contribution in [2.45, 2.75) is 130 Å². The van der Waals surface area contributed by atoms with Gasteiger partial charge in [-0.25, -0.2) is 0 Å². The van der Waals surface area contributed by atoms with Crippen LogP contribution in [-0.4, -0.2) is 21.9 Å². The topological polar surface area (TPSA) is 40.5 Å². The number of unbranched alkanes of at least 4 members (excludes halogenated alkanes) is 2. The summed E-state index contributed by atoms with van der Waals surface area (Å²) in [5, 5.41) is 22.1. The Labute approximate surface area is 190 Å². The summed E-state index contributed by atoms with van der Waals surface area (Å²) < 4.78 is 0. The summed E-state index contributed by atoms with van der Waals surface area (Å²) in [5.41, 5.74) is 2.18. The quantitative estimate of drug-likeness (QED) is 0.202. The van der Waals surface area contributed by atoms with Crippen LogP contribution in [0.2, 0.25) is 0 Å². The minimum absolute atomic E-state index is 0.236. The van der Waals surface area contributed by atoms with Gasteiger partial charge in [0.1, 0.15) is 0 Å². The van der Waals surface area contributed by atoms with E-state index in [0.717, 1.165) is 43.9 Å². The lowest BCUT2D eigenvalue weighted by atomic mass is 9.85. The Morgan fingerprint density at radius 1 is 1.00 bits per heavy atom. The first-order chi connectivity index (χ1) is 14.1. The first-order valence-electron chi connectivity index (χ1n) is 12.6. The molecule has 0 aromatic rings. The van der Waals surface area contributed by atoms with Crippen molar-refractivity contribution >= 4 is 9.24 Å². The van der Waals surface area contributed by atoms with E-state index in [9.17, 15) is 10.2 Å². The molecule has 0 radical (unpaired) electrons. The molecule has 0 amide bonds. The Morgan fingerprint density at radius 3 is 2.20 bits per heavy atom. The normalized spacial score (nSPS) is 23.8. The minimum atomic E-state index is -0.466. The van der Waals surface area contributed by atoms with Crippen molar-refractivity contribution in [1.82, 2.24) is 0 Å². The van der Waals surface area contributed by atoms with E-state index in [1.54, 1.807) is 0 Å². The highest BCUT2D eigenvalue weighted by atomic mass is 31.0. The summed E-state index contributed by atoms with van der Waals surface area (Å²) in [6.07, 6.45) is 15.8. The molecule has 1 aliphatic rings. The van der Waals surface area contributed by atoms with Gasteiger partial charge in [-0.3, -0.25) is 0 Å². The SMILES string of the molecule is CCCCCC(C)(O)CCCC(C)CCCC(C)CCC1=CC(O)C(C)C(C)=C1P. The van der Waals surface area contributed by atoms with Gasteiger partial charge in [-0.2, -0.15) is 0 Å². The summed E-state index contributed by atoms with van der Waals surface area (Å²) in [7, 11) is 2.90. The lowest BCUT2D eigenvalue weighted by molar-refractivity contribution is 0.0358. The molecule has 0 spiro atoms. The van der Waals surface area contributed by atoms with Crippen molar-refractivity contribution in [3.05, 3.63) is 22.5 Å². The zero-order valence-corrected chi connectivity index (χ0v) is 22.0. The predicted molar refractivity (Wildman–Crippen MR) is 136 cm³/mol. The molecule has 2 N–H and O–H groups in total. The number of aliphatic hydroxyl groups is 2. The summed E-state index contributed by atoms with van der Waals surface area (Å²) in [6.45, 7) is 13.2. The van der Waals surface area contributed by atoms with E-state index in [4.69, 9.17) is 0 Å². The molecule has 0 bridgehead atoms. The first-order valence-corrected chi connectivity index (χ1v) is 13.2. The lowest BCUT2D eigenvalue weighted by Gasteiger charge is -2.27. The number of hydrogen-bond donors (Lipinski definition) is 2. The zero-order valence-electron chi connectivity index (χ0n) is 20.8. The Morgan fingerprint density at radius 2 is 1.57 bits per heavy atom. The maximum Gasteiger partial charge on any atom is 0.0789 e. The van der Waals surface area contributed by atoms with Crippen LogP contribution in [0.15, 0.2) is 22.5 Å². The third-order valence-electron chi connectivity index (χ3n) is 7.37. The fourth-order valence-corrected chi connectivity index (χ4v) is 5.13. The molecule has 2 nitrogen and oxygen atoms in total. The van der Waals surface area contributed by atoms with Gasteiger partial charge in [0.05, 0.1) is 11.7 Å². The van der Waals surface area contributed by atoms with Gasteiger partial charge in [0.2, 0.25) is 0 Å². The highest BCUT2D eigenvalue weighted by Crippen LogP contribution is 2.36. The largest absolute Gasteiger partial charge is 0.390 e. The van der Waals surface area contributed by atoms with Gasteiger partial charge in [-0.15, -0.1) is 9.24 Å². The summed E-state index contributed by atoms with van der Waals surface area (Å²) in [4.78, 5) is 0. The van der Waals surface area contributed by atoms with Crippen molar-refractivity contribution < 1.29 is 10.2 Å². The Bertz CT molecular complexity index is 549. The molecule has 0 heterocycles. The summed E-state index contributed by atoms with van der Waals surface area (Å²) in [5.74, 6) is 1.72. The van der Waals surface area contributed by atoms with Gasteiger partial charge in [-0.05, 0) is 62.3 Å². The highest BCUT2D eigenvalue weighted by molar-refractivity contribution is 7.23. The van der Waals surface area contributed by atoms with E-state index in [0.29, 0.717) is 0 Å². The first kappa shape index (κ1) is 27.9. The molecule has 1 rings (SSSR count). The molecule has 0 saturated carbocycles. The van der Waals surface area contributed by atoms with E-state index in [-0.39, 0.29) is 12.0 Å². The molecule has 0 fully saturated rings. The third kappa shape index (κ3) is 10.4. The standard InChI is InChI=1S/C27H51O2P/c1-7-8-9-17-27(6,29)18-11-14-20(2)12-10-13-21(3)15-16-24-19-25(28)22(4)23(5)26(24)30/h19-22,25,28-29H,7-18,30H2,1-6H3. The molecule has 0 aromatic heterocycles. The molecule has 0 aliphatic heterocycles. The zero-order chi connectivity index (χ0) is 22.7. The van der Waals surface area contributed by atoms with Crippen LogP contribution in [0.3, 0.4) is 0 Å². The van der Waals surface area contributed by atoms with E-state index >= 15 is 0 Å². The van der Waals surface area contributed by atoms with Crippen molar-refractivity contribution in [2.24, 2.45) is 17.8 Å². The average Bonchev–Trinajstić information content (AvgIpc) is 2.68. The average molecular weight is 439 g/mol. The summed E-state index contributed by atoms with van der Waals surface area (Å²) in [6, 6.07) is 0. The molecule has 0 aromatic carbocycles. The van der Waals surface area contributed by atoms with E-state index < -0.39 is 5.60 Å². The molecule has 30 heavy (non-hydrogen) atoms. The fraction of sp³-hybridized carbons (Fsp3) is 0.852.